The highest BCUT2D eigenvalue weighted by Gasteiger charge is 2.53. The quantitative estimate of drug-likeness (QED) is 0.467. The molecule has 3 aliphatic rings. The van der Waals surface area contributed by atoms with Crippen LogP contribution in [0.4, 0.5) is 0 Å². The maximum Gasteiger partial charge on any atom is -0.00463 e. The van der Waals surface area contributed by atoms with Gasteiger partial charge in [0, 0.05) is 0 Å². The van der Waals surface area contributed by atoms with Crippen molar-refractivity contribution < 1.29 is 0 Å². The summed E-state index contributed by atoms with van der Waals surface area (Å²) in [5.74, 6) is 3.42. The first-order valence-electron chi connectivity index (χ1n) is 13.1. The van der Waals surface area contributed by atoms with Gasteiger partial charge in [-0.1, -0.05) is 73.4 Å². The second kappa shape index (κ2) is 7.67. The molecule has 5 atom stereocenters. The Morgan fingerprint density at radius 2 is 1.73 bits per heavy atom. The fourth-order valence-electron chi connectivity index (χ4n) is 8.62. The Hall–Kier alpha value is -0.780. The summed E-state index contributed by atoms with van der Waals surface area (Å²) in [4.78, 5) is 0. The first kappa shape index (κ1) is 22.4. The predicted molar refractivity (Wildman–Crippen MR) is 131 cm³/mol. The predicted octanol–water partition coefficient (Wildman–Crippen LogP) is 8.67. The maximum atomic E-state index is 2.69. The molecule has 168 valence electrons. The molecular formula is C30H48. The number of rotatable bonds is 4. The maximum absolute atomic E-state index is 2.69. The van der Waals surface area contributed by atoms with Crippen molar-refractivity contribution in [3.05, 3.63) is 34.4 Å². The highest BCUT2D eigenvalue weighted by molar-refractivity contribution is 5.48. The Morgan fingerprint density at radius 3 is 2.43 bits per heavy atom. The van der Waals surface area contributed by atoms with E-state index in [-0.39, 0.29) is 0 Å². The van der Waals surface area contributed by atoms with E-state index in [1.807, 2.05) is 0 Å². The van der Waals surface area contributed by atoms with E-state index < -0.39 is 0 Å². The molecule has 1 unspecified atom stereocenters. The molecule has 0 N–H and O–H groups in total. The average molecular weight is 409 g/mol. The van der Waals surface area contributed by atoms with Gasteiger partial charge in [-0.25, -0.2) is 0 Å². The van der Waals surface area contributed by atoms with Crippen LogP contribution in [0.2, 0.25) is 0 Å². The minimum Gasteiger partial charge on any atom is -0.0622 e. The monoisotopic (exact) mass is 408 g/mol. The molecular weight excluding hydrogens is 360 g/mol. The normalized spacial score (nSPS) is 37.8. The first-order valence-corrected chi connectivity index (χ1v) is 13.1. The molecule has 2 fully saturated rings. The molecule has 0 aliphatic heterocycles. The third-order valence-electron chi connectivity index (χ3n) is 10.9. The van der Waals surface area contributed by atoms with Crippen LogP contribution in [-0.4, -0.2) is 0 Å². The molecule has 0 heteroatoms. The molecule has 1 aromatic carbocycles. The summed E-state index contributed by atoms with van der Waals surface area (Å²) in [7, 11) is 0. The van der Waals surface area contributed by atoms with Crippen LogP contribution in [0.25, 0.3) is 0 Å². The van der Waals surface area contributed by atoms with Gasteiger partial charge in [-0.15, -0.1) is 0 Å². The van der Waals surface area contributed by atoms with Crippen molar-refractivity contribution in [1.29, 1.82) is 0 Å². The van der Waals surface area contributed by atoms with Gasteiger partial charge in [0.05, 0.1) is 0 Å². The number of fused-ring (bicyclic) bond motifs is 2. The molecule has 0 spiro atoms. The zero-order chi connectivity index (χ0) is 21.9. The standard InChI is InChI=1S/C30H48/c1-20(2)29(7)19-16-24-23(21(3)10-13-26(24)29)12-14-25-22(4)11-15-27-28(5,6)17-9-18-30(25,27)8/h10,13,20,22,25,27H,9,11-12,14-19H2,1-8H3/t22-,25?,27+,29+,30-/m1/s1. The lowest BCUT2D eigenvalue weighted by atomic mass is 9.46. The topological polar surface area (TPSA) is 0 Å². The third kappa shape index (κ3) is 3.40. The lowest BCUT2D eigenvalue weighted by Gasteiger charge is -2.59. The van der Waals surface area contributed by atoms with Crippen LogP contribution in [-0.2, 0) is 18.3 Å². The van der Waals surface area contributed by atoms with E-state index in [1.54, 1.807) is 22.3 Å². The Bertz CT molecular complexity index is 783. The minimum atomic E-state index is 0.375. The molecule has 2 saturated carbocycles. The summed E-state index contributed by atoms with van der Waals surface area (Å²) in [5, 5.41) is 0. The van der Waals surface area contributed by atoms with Crippen molar-refractivity contribution >= 4 is 0 Å². The molecule has 0 bridgehead atoms. The summed E-state index contributed by atoms with van der Waals surface area (Å²) in [5.41, 5.74) is 8.16. The zero-order valence-corrected chi connectivity index (χ0v) is 21.3. The Labute approximate surface area is 187 Å². The van der Waals surface area contributed by atoms with Gasteiger partial charge in [0.15, 0.2) is 0 Å². The van der Waals surface area contributed by atoms with Gasteiger partial charge in [-0.3, -0.25) is 0 Å². The summed E-state index contributed by atoms with van der Waals surface area (Å²) < 4.78 is 0. The zero-order valence-electron chi connectivity index (χ0n) is 21.3. The fraction of sp³-hybridized carbons (Fsp3) is 0.800. The van der Waals surface area contributed by atoms with Crippen LogP contribution in [0.15, 0.2) is 12.1 Å². The van der Waals surface area contributed by atoms with Crippen LogP contribution >= 0.6 is 0 Å². The highest BCUT2D eigenvalue weighted by atomic mass is 14.6. The van der Waals surface area contributed by atoms with Crippen molar-refractivity contribution in [2.45, 2.75) is 119 Å². The lowest BCUT2D eigenvalue weighted by molar-refractivity contribution is -0.0957. The Morgan fingerprint density at radius 1 is 1.00 bits per heavy atom. The minimum absolute atomic E-state index is 0.375. The number of benzene rings is 1. The second-order valence-electron chi connectivity index (χ2n) is 13.1. The van der Waals surface area contributed by atoms with Gasteiger partial charge in [0.1, 0.15) is 0 Å². The van der Waals surface area contributed by atoms with E-state index >= 15 is 0 Å². The summed E-state index contributed by atoms with van der Waals surface area (Å²) in [6.07, 6.45) is 12.6. The smallest absolute Gasteiger partial charge is 0.00463 e. The molecule has 0 saturated heterocycles. The lowest BCUT2D eigenvalue weighted by Crippen LogP contribution is -2.51. The third-order valence-corrected chi connectivity index (χ3v) is 10.9. The Kier molecular flexibility index (Phi) is 5.73. The molecule has 30 heavy (non-hydrogen) atoms. The van der Waals surface area contributed by atoms with Gasteiger partial charge in [-0.05, 0) is 114 Å². The second-order valence-corrected chi connectivity index (χ2v) is 13.1. The van der Waals surface area contributed by atoms with Crippen LogP contribution in [0.1, 0.15) is 116 Å². The summed E-state index contributed by atoms with van der Waals surface area (Å²) >= 11 is 0. The van der Waals surface area contributed by atoms with Gasteiger partial charge in [-0.2, -0.15) is 0 Å². The number of aryl methyl sites for hydroxylation is 1. The molecule has 0 aromatic heterocycles. The Balaban J connectivity index is 1.61. The van der Waals surface area contributed by atoms with Gasteiger partial charge in [0.2, 0.25) is 0 Å². The van der Waals surface area contributed by atoms with Gasteiger partial charge < -0.3 is 0 Å². The SMILES string of the molecule is Cc1ccc2c(c1CCC1[C@H](C)CC[C@H]3C(C)(C)CCC[C@]13C)CC[C@@]2(C)C(C)C. The molecule has 0 amide bonds. The van der Waals surface area contributed by atoms with Crippen molar-refractivity contribution in [2.24, 2.45) is 34.5 Å². The molecule has 1 aromatic rings. The van der Waals surface area contributed by atoms with Crippen LogP contribution in [0.3, 0.4) is 0 Å². The molecule has 3 aliphatic carbocycles. The van der Waals surface area contributed by atoms with E-state index in [0.29, 0.717) is 16.2 Å². The van der Waals surface area contributed by atoms with E-state index in [4.69, 9.17) is 0 Å². The molecule has 4 rings (SSSR count). The van der Waals surface area contributed by atoms with Crippen molar-refractivity contribution in [3.63, 3.8) is 0 Å². The first-order chi connectivity index (χ1) is 14.0. The van der Waals surface area contributed by atoms with Crippen molar-refractivity contribution in [2.75, 3.05) is 0 Å². The highest BCUT2D eigenvalue weighted by Crippen LogP contribution is 2.62. The van der Waals surface area contributed by atoms with E-state index in [0.717, 1.165) is 23.7 Å². The van der Waals surface area contributed by atoms with Gasteiger partial charge >= 0.3 is 0 Å². The summed E-state index contributed by atoms with van der Waals surface area (Å²) in [6, 6.07) is 4.92. The fourth-order valence-corrected chi connectivity index (χ4v) is 8.62. The van der Waals surface area contributed by atoms with Crippen LogP contribution in [0, 0.1) is 41.4 Å². The van der Waals surface area contributed by atoms with Gasteiger partial charge in [0.25, 0.3) is 0 Å². The van der Waals surface area contributed by atoms with E-state index in [1.165, 1.54) is 57.8 Å². The molecule has 0 nitrogen and oxygen atoms in total. The number of hydrogen-bond acceptors (Lipinski definition) is 0. The summed E-state index contributed by atoms with van der Waals surface area (Å²) in [6.45, 7) is 20.1. The largest absolute Gasteiger partial charge is 0.0622 e. The molecule has 0 radical (unpaired) electrons. The van der Waals surface area contributed by atoms with Crippen molar-refractivity contribution in [3.8, 4) is 0 Å². The van der Waals surface area contributed by atoms with Crippen LogP contribution < -0.4 is 0 Å². The van der Waals surface area contributed by atoms with E-state index in [2.05, 4.69) is 67.5 Å². The van der Waals surface area contributed by atoms with Crippen LogP contribution in [0.5, 0.6) is 0 Å². The number of hydrogen-bond donors (Lipinski definition) is 0. The van der Waals surface area contributed by atoms with E-state index in [9.17, 15) is 0 Å². The molecule has 0 heterocycles. The van der Waals surface area contributed by atoms with Crippen molar-refractivity contribution in [1.82, 2.24) is 0 Å². The average Bonchev–Trinajstić information content (AvgIpc) is 3.00.